The van der Waals surface area contributed by atoms with E-state index in [2.05, 4.69) is 61.4 Å². The second kappa shape index (κ2) is 6.30. The molecule has 18 heavy (non-hydrogen) atoms. The zero-order chi connectivity index (χ0) is 13.0. The third-order valence-electron chi connectivity index (χ3n) is 3.07. The highest BCUT2D eigenvalue weighted by atomic mass is 32.2. The number of para-hydroxylation sites is 1. The second-order valence-electron chi connectivity index (χ2n) is 4.84. The molecule has 2 unspecified atom stereocenters. The Labute approximate surface area is 114 Å². The number of H-pyrrole nitrogens is 1. The molecule has 0 radical (unpaired) electrons. The van der Waals surface area contributed by atoms with E-state index in [-0.39, 0.29) is 0 Å². The minimum Gasteiger partial charge on any atom is -0.350 e. The van der Waals surface area contributed by atoms with Gasteiger partial charge in [0.05, 0.1) is 5.03 Å². The maximum absolute atomic E-state index is 3.47. The van der Waals surface area contributed by atoms with Crippen molar-refractivity contribution in [3.8, 4) is 0 Å². The first kappa shape index (κ1) is 13.5. The van der Waals surface area contributed by atoms with E-state index in [1.807, 2.05) is 11.8 Å². The topological polar surface area (TPSA) is 27.8 Å². The summed E-state index contributed by atoms with van der Waals surface area (Å²) in [7, 11) is 0. The summed E-state index contributed by atoms with van der Waals surface area (Å²) in [6.45, 7) is 7.76. The van der Waals surface area contributed by atoms with Crippen molar-refractivity contribution in [2.24, 2.45) is 0 Å². The van der Waals surface area contributed by atoms with E-state index in [9.17, 15) is 0 Å². The van der Waals surface area contributed by atoms with Gasteiger partial charge in [0.25, 0.3) is 0 Å². The Morgan fingerprint density at radius 3 is 2.78 bits per heavy atom. The molecular weight excluding hydrogens is 240 g/mol. The molecule has 0 fully saturated rings. The Morgan fingerprint density at radius 1 is 1.28 bits per heavy atom. The van der Waals surface area contributed by atoms with E-state index < -0.39 is 0 Å². The molecule has 0 spiro atoms. The average Bonchev–Trinajstić information content (AvgIpc) is 2.70. The zero-order valence-corrected chi connectivity index (χ0v) is 12.2. The standard InChI is InChI=1S/C15H22N2S/c1-4-16-11(2)9-12(3)18-15-10-13-7-5-6-8-14(13)17-15/h5-8,10-12,16-17H,4,9H2,1-3H3. The SMILES string of the molecule is CCNC(C)CC(C)Sc1cc2ccccc2[nH]1. The number of aromatic amines is 1. The molecule has 2 aromatic rings. The summed E-state index contributed by atoms with van der Waals surface area (Å²) in [5, 5.41) is 6.65. The van der Waals surface area contributed by atoms with E-state index in [0.717, 1.165) is 6.54 Å². The van der Waals surface area contributed by atoms with Crippen molar-refractivity contribution >= 4 is 22.7 Å². The van der Waals surface area contributed by atoms with Gasteiger partial charge in [-0.15, -0.1) is 11.8 Å². The average molecular weight is 262 g/mol. The lowest BCUT2D eigenvalue weighted by molar-refractivity contribution is 0.530. The van der Waals surface area contributed by atoms with Gasteiger partial charge in [-0.2, -0.15) is 0 Å². The molecule has 2 atom stereocenters. The molecule has 0 saturated carbocycles. The van der Waals surface area contributed by atoms with Crippen molar-refractivity contribution in [1.29, 1.82) is 0 Å². The fourth-order valence-corrected chi connectivity index (χ4v) is 3.49. The van der Waals surface area contributed by atoms with Crippen molar-refractivity contribution in [2.45, 2.75) is 43.5 Å². The highest BCUT2D eigenvalue weighted by Crippen LogP contribution is 2.28. The molecule has 0 aliphatic rings. The van der Waals surface area contributed by atoms with Gasteiger partial charge in [-0.25, -0.2) is 0 Å². The number of nitrogens with one attached hydrogen (secondary N) is 2. The van der Waals surface area contributed by atoms with E-state index >= 15 is 0 Å². The molecule has 2 rings (SSSR count). The minimum atomic E-state index is 0.585. The van der Waals surface area contributed by atoms with Gasteiger partial charge in [-0.1, -0.05) is 32.0 Å². The lowest BCUT2D eigenvalue weighted by atomic mass is 10.2. The summed E-state index contributed by atoms with van der Waals surface area (Å²) < 4.78 is 0. The molecule has 0 saturated heterocycles. The van der Waals surface area contributed by atoms with Crippen LogP contribution in [0.1, 0.15) is 27.2 Å². The Balaban J connectivity index is 1.96. The first-order valence-electron chi connectivity index (χ1n) is 6.67. The molecule has 1 aromatic heterocycles. The molecule has 1 aromatic carbocycles. The van der Waals surface area contributed by atoms with Crippen LogP contribution in [0.15, 0.2) is 35.4 Å². The molecule has 0 aliphatic carbocycles. The van der Waals surface area contributed by atoms with Crippen LogP contribution in [-0.4, -0.2) is 22.8 Å². The molecule has 3 heteroatoms. The summed E-state index contributed by atoms with van der Waals surface area (Å²) in [6, 6.07) is 11.3. The zero-order valence-electron chi connectivity index (χ0n) is 11.4. The van der Waals surface area contributed by atoms with Crippen LogP contribution in [0.2, 0.25) is 0 Å². The third kappa shape index (κ3) is 3.53. The number of fused-ring (bicyclic) bond motifs is 1. The van der Waals surface area contributed by atoms with Crippen LogP contribution in [0, 0.1) is 0 Å². The summed E-state index contributed by atoms with van der Waals surface area (Å²) in [5.74, 6) is 0. The van der Waals surface area contributed by atoms with Crippen LogP contribution in [0.5, 0.6) is 0 Å². The Hall–Kier alpha value is -0.930. The maximum Gasteiger partial charge on any atom is 0.0735 e. The molecule has 0 bridgehead atoms. The number of rotatable bonds is 6. The molecule has 1 heterocycles. The summed E-state index contributed by atoms with van der Waals surface area (Å²) in [4.78, 5) is 3.47. The summed E-state index contributed by atoms with van der Waals surface area (Å²) >= 11 is 1.93. The molecule has 0 amide bonds. The molecule has 2 N–H and O–H groups in total. The van der Waals surface area contributed by atoms with Crippen LogP contribution < -0.4 is 5.32 Å². The first-order valence-corrected chi connectivity index (χ1v) is 7.54. The highest BCUT2D eigenvalue weighted by Gasteiger charge is 2.10. The lowest BCUT2D eigenvalue weighted by Crippen LogP contribution is -2.28. The number of hydrogen-bond donors (Lipinski definition) is 2. The van der Waals surface area contributed by atoms with Gasteiger partial charge in [-0.05, 0) is 32.0 Å². The molecular formula is C15H22N2S. The van der Waals surface area contributed by atoms with E-state index in [4.69, 9.17) is 0 Å². The largest absolute Gasteiger partial charge is 0.350 e. The van der Waals surface area contributed by atoms with Gasteiger partial charge in [0.15, 0.2) is 0 Å². The normalized spacial score (nSPS) is 14.8. The van der Waals surface area contributed by atoms with E-state index in [0.29, 0.717) is 11.3 Å². The van der Waals surface area contributed by atoms with Gasteiger partial charge in [0.1, 0.15) is 0 Å². The third-order valence-corrected chi connectivity index (χ3v) is 4.14. The fourth-order valence-electron chi connectivity index (χ4n) is 2.30. The smallest absolute Gasteiger partial charge is 0.0735 e. The van der Waals surface area contributed by atoms with E-state index in [1.165, 1.54) is 22.3 Å². The molecule has 98 valence electrons. The quantitative estimate of drug-likeness (QED) is 0.769. The van der Waals surface area contributed by atoms with Gasteiger partial charge in [-0.3, -0.25) is 0 Å². The number of benzene rings is 1. The van der Waals surface area contributed by atoms with E-state index in [1.54, 1.807) is 0 Å². The van der Waals surface area contributed by atoms with Gasteiger partial charge < -0.3 is 10.3 Å². The minimum absolute atomic E-state index is 0.585. The van der Waals surface area contributed by atoms with Gasteiger partial charge >= 0.3 is 0 Å². The fraction of sp³-hybridized carbons (Fsp3) is 0.467. The summed E-state index contributed by atoms with van der Waals surface area (Å²) in [6.07, 6.45) is 1.19. The predicted octanol–water partition coefficient (Wildman–Crippen LogP) is 4.04. The Kier molecular flexibility index (Phi) is 4.72. The Morgan fingerprint density at radius 2 is 2.06 bits per heavy atom. The monoisotopic (exact) mass is 262 g/mol. The van der Waals surface area contributed by atoms with Crippen molar-refractivity contribution in [1.82, 2.24) is 10.3 Å². The highest BCUT2D eigenvalue weighted by molar-refractivity contribution is 7.99. The molecule has 0 aliphatic heterocycles. The molecule has 2 nitrogen and oxygen atoms in total. The summed E-state index contributed by atoms with van der Waals surface area (Å²) in [5.41, 5.74) is 1.23. The maximum atomic E-state index is 3.47. The number of hydrogen-bond acceptors (Lipinski definition) is 2. The van der Waals surface area contributed by atoms with Crippen LogP contribution in [-0.2, 0) is 0 Å². The van der Waals surface area contributed by atoms with Crippen molar-refractivity contribution in [3.05, 3.63) is 30.3 Å². The van der Waals surface area contributed by atoms with Crippen LogP contribution in [0.4, 0.5) is 0 Å². The number of aromatic nitrogens is 1. The van der Waals surface area contributed by atoms with Crippen molar-refractivity contribution < 1.29 is 0 Å². The van der Waals surface area contributed by atoms with Crippen LogP contribution >= 0.6 is 11.8 Å². The van der Waals surface area contributed by atoms with Gasteiger partial charge in [0.2, 0.25) is 0 Å². The van der Waals surface area contributed by atoms with Gasteiger partial charge in [0, 0.05) is 22.2 Å². The van der Waals surface area contributed by atoms with Crippen molar-refractivity contribution in [2.75, 3.05) is 6.54 Å². The predicted molar refractivity (Wildman–Crippen MR) is 81.4 cm³/mol. The van der Waals surface area contributed by atoms with Crippen LogP contribution in [0.3, 0.4) is 0 Å². The second-order valence-corrected chi connectivity index (χ2v) is 6.32. The van der Waals surface area contributed by atoms with Crippen molar-refractivity contribution in [3.63, 3.8) is 0 Å². The number of thioether (sulfide) groups is 1. The first-order chi connectivity index (χ1) is 8.69. The lowest BCUT2D eigenvalue weighted by Gasteiger charge is -2.16. The Bertz CT molecular complexity index is 459. The van der Waals surface area contributed by atoms with Crippen LogP contribution in [0.25, 0.3) is 10.9 Å².